The van der Waals surface area contributed by atoms with Crippen molar-refractivity contribution in [2.75, 3.05) is 0 Å². The van der Waals surface area contributed by atoms with E-state index < -0.39 is 11.9 Å². The summed E-state index contributed by atoms with van der Waals surface area (Å²) in [5.41, 5.74) is 1.19. The Bertz CT molecular complexity index is 447. The van der Waals surface area contributed by atoms with Crippen molar-refractivity contribution in [3.8, 4) is 11.5 Å². The van der Waals surface area contributed by atoms with E-state index in [0.29, 0.717) is 11.1 Å². The molecule has 18 heavy (non-hydrogen) atoms. The maximum atomic E-state index is 11.0. The molecule has 1 aromatic rings. The van der Waals surface area contributed by atoms with Gasteiger partial charge in [0.05, 0.1) is 0 Å². The second kappa shape index (κ2) is 5.59. The number of halogens is 2. The minimum Gasteiger partial charge on any atom is -0.425 e. The summed E-state index contributed by atoms with van der Waals surface area (Å²) in [6, 6.07) is 0. The molecule has 98 valence electrons. The number of hydrogen-bond acceptors (Lipinski definition) is 4. The van der Waals surface area contributed by atoms with Crippen molar-refractivity contribution >= 4 is 35.1 Å². The summed E-state index contributed by atoms with van der Waals surface area (Å²) >= 11 is 12.0. The predicted molar refractivity (Wildman–Crippen MR) is 68.6 cm³/mol. The average molecular weight is 291 g/mol. The number of hydrogen-bond donors (Lipinski definition) is 0. The summed E-state index contributed by atoms with van der Waals surface area (Å²) in [6.45, 7) is 5.92. The molecule has 0 saturated carbocycles. The molecule has 0 atom stereocenters. The van der Waals surface area contributed by atoms with E-state index >= 15 is 0 Å². The van der Waals surface area contributed by atoms with Crippen LogP contribution in [0.3, 0.4) is 0 Å². The van der Waals surface area contributed by atoms with Gasteiger partial charge in [-0.15, -0.1) is 0 Å². The molecule has 0 saturated heterocycles. The molecular formula is C12H12Cl2O4. The maximum Gasteiger partial charge on any atom is 0.308 e. The van der Waals surface area contributed by atoms with Crippen LogP contribution in [0.5, 0.6) is 11.5 Å². The smallest absolute Gasteiger partial charge is 0.308 e. The fraction of sp³-hybridized carbons (Fsp3) is 0.333. The molecule has 0 aromatic heterocycles. The van der Waals surface area contributed by atoms with Crippen molar-refractivity contribution in [2.45, 2.75) is 27.7 Å². The Morgan fingerprint density at radius 3 is 1.33 bits per heavy atom. The van der Waals surface area contributed by atoms with Gasteiger partial charge in [-0.25, -0.2) is 0 Å². The predicted octanol–water partition coefficient (Wildman–Crippen LogP) is 3.46. The number of carbonyl (C=O) groups is 2. The first-order valence-corrected chi connectivity index (χ1v) is 5.86. The lowest BCUT2D eigenvalue weighted by Gasteiger charge is -2.16. The van der Waals surface area contributed by atoms with Crippen LogP contribution in [0.4, 0.5) is 0 Å². The second-order valence-corrected chi connectivity index (χ2v) is 4.48. The number of carbonyl (C=O) groups excluding carboxylic acids is 2. The van der Waals surface area contributed by atoms with Gasteiger partial charge in [0.25, 0.3) is 0 Å². The SMILES string of the molecule is CC(=O)Oc1c(C)c(C)c(OC(C)=O)c(Cl)c1Cl. The third-order valence-corrected chi connectivity index (χ3v) is 3.14. The summed E-state index contributed by atoms with van der Waals surface area (Å²) in [5, 5.41) is 0.0948. The normalized spacial score (nSPS) is 10.1. The molecule has 1 aromatic carbocycles. The van der Waals surface area contributed by atoms with E-state index in [4.69, 9.17) is 32.7 Å². The van der Waals surface area contributed by atoms with Gasteiger partial charge in [-0.05, 0) is 13.8 Å². The fourth-order valence-electron chi connectivity index (χ4n) is 1.40. The van der Waals surface area contributed by atoms with Gasteiger partial charge in [0.1, 0.15) is 10.0 Å². The topological polar surface area (TPSA) is 52.6 Å². The minimum absolute atomic E-state index is 0.0474. The minimum atomic E-state index is -0.504. The molecule has 0 amide bonds. The van der Waals surface area contributed by atoms with Crippen LogP contribution in [0.2, 0.25) is 10.0 Å². The molecule has 0 bridgehead atoms. The molecular weight excluding hydrogens is 279 g/mol. The third kappa shape index (κ3) is 2.94. The number of ether oxygens (including phenoxy) is 2. The van der Waals surface area contributed by atoms with Gasteiger partial charge in [0.15, 0.2) is 11.5 Å². The first-order valence-electron chi connectivity index (χ1n) is 5.10. The number of esters is 2. The van der Waals surface area contributed by atoms with Crippen LogP contribution < -0.4 is 9.47 Å². The van der Waals surface area contributed by atoms with Crippen LogP contribution in [0.1, 0.15) is 25.0 Å². The molecule has 0 heterocycles. The molecule has 0 radical (unpaired) electrons. The number of rotatable bonds is 2. The van der Waals surface area contributed by atoms with Crippen LogP contribution >= 0.6 is 23.2 Å². The van der Waals surface area contributed by atoms with Crippen LogP contribution in [0.25, 0.3) is 0 Å². The highest BCUT2D eigenvalue weighted by Crippen LogP contribution is 2.44. The van der Waals surface area contributed by atoms with Gasteiger partial charge in [0, 0.05) is 25.0 Å². The Morgan fingerprint density at radius 2 is 1.11 bits per heavy atom. The molecule has 1 rings (SSSR count). The van der Waals surface area contributed by atoms with Crippen LogP contribution in [-0.2, 0) is 9.59 Å². The highest BCUT2D eigenvalue weighted by molar-refractivity contribution is 6.44. The summed E-state index contributed by atoms with van der Waals surface area (Å²) in [5.74, 6) is -0.642. The lowest BCUT2D eigenvalue weighted by Crippen LogP contribution is -2.08. The molecule has 0 fully saturated rings. The summed E-state index contributed by atoms with van der Waals surface area (Å²) in [4.78, 5) is 22.0. The van der Waals surface area contributed by atoms with E-state index in [0.717, 1.165) is 0 Å². The van der Waals surface area contributed by atoms with Crippen molar-refractivity contribution in [3.05, 3.63) is 21.2 Å². The van der Waals surface area contributed by atoms with Crippen LogP contribution in [-0.4, -0.2) is 11.9 Å². The molecule has 0 spiro atoms. The standard InChI is InChI=1S/C12H12Cl2O4/c1-5-6(2)12(18-8(4)16)10(14)9(13)11(5)17-7(3)15/h1-4H3. The van der Waals surface area contributed by atoms with Crippen molar-refractivity contribution in [2.24, 2.45) is 0 Å². The van der Waals surface area contributed by atoms with Crippen LogP contribution in [0.15, 0.2) is 0 Å². The number of benzene rings is 1. The van der Waals surface area contributed by atoms with Crippen molar-refractivity contribution in [1.82, 2.24) is 0 Å². The maximum absolute atomic E-state index is 11.0. The quantitative estimate of drug-likeness (QED) is 0.618. The Hall–Kier alpha value is -1.26. The van der Waals surface area contributed by atoms with E-state index in [1.807, 2.05) is 0 Å². The van der Waals surface area contributed by atoms with Crippen molar-refractivity contribution < 1.29 is 19.1 Å². The highest BCUT2D eigenvalue weighted by Gasteiger charge is 2.21. The fourth-order valence-corrected chi connectivity index (χ4v) is 1.93. The lowest BCUT2D eigenvalue weighted by atomic mass is 10.1. The Labute approximate surface area is 115 Å². The zero-order valence-electron chi connectivity index (χ0n) is 10.4. The third-order valence-electron chi connectivity index (χ3n) is 2.33. The van der Waals surface area contributed by atoms with E-state index in [1.165, 1.54) is 13.8 Å². The van der Waals surface area contributed by atoms with Gasteiger partial charge in [-0.3, -0.25) is 9.59 Å². The zero-order chi connectivity index (χ0) is 14.0. The van der Waals surface area contributed by atoms with Crippen LogP contribution in [0, 0.1) is 13.8 Å². The average Bonchev–Trinajstić information content (AvgIpc) is 2.27. The van der Waals surface area contributed by atoms with Gasteiger partial charge in [0.2, 0.25) is 0 Å². The first kappa shape index (κ1) is 14.8. The molecule has 0 unspecified atom stereocenters. The summed E-state index contributed by atoms with van der Waals surface area (Å²) in [6.07, 6.45) is 0. The second-order valence-electron chi connectivity index (χ2n) is 3.72. The van der Waals surface area contributed by atoms with E-state index in [1.54, 1.807) is 13.8 Å². The molecule has 0 aliphatic carbocycles. The molecule has 0 aliphatic rings. The van der Waals surface area contributed by atoms with Gasteiger partial charge in [-0.1, -0.05) is 23.2 Å². The van der Waals surface area contributed by atoms with Crippen molar-refractivity contribution in [1.29, 1.82) is 0 Å². The van der Waals surface area contributed by atoms with Gasteiger partial charge >= 0.3 is 11.9 Å². The monoisotopic (exact) mass is 290 g/mol. The van der Waals surface area contributed by atoms with E-state index in [-0.39, 0.29) is 21.5 Å². The highest BCUT2D eigenvalue weighted by atomic mass is 35.5. The largest absolute Gasteiger partial charge is 0.425 e. The molecule has 0 N–H and O–H groups in total. The van der Waals surface area contributed by atoms with E-state index in [2.05, 4.69) is 0 Å². The summed E-state index contributed by atoms with van der Waals surface area (Å²) in [7, 11) is 0. The van der Waals surface area contributed by atoms with E-state index in [9.17, 15) is 9.59 Å². The zero-order valence-corrected chi connectivity index (χ0v) is 11.9. The summed E-state index contributed by atoms with van der Waals surface area (Å²) < 4.78 is 10.0. The Morgan fingerprint density at radius 1 is 0.833 bits per heavy atom. The lowest BCUT2D eigenvalue weighted by molar-refractivity contribution is -0.133. The molecule has 4 nitrogen and oxygen atoms in total. The Kier molecular flexibility index (Phi) is 4.59. The van der Waals surface area contributed by atoms with Crippen molar-refractivity contribution in [3.63, 3.8) is 0 Å². The van der Waals surface area contributed by atoms with Gasteiger partial charge < -0.3 is 9.47 Å². The molecule has 6 heteroatoms. The first-order chi connectivity index (χ1) is 8.25. The molecule has 0 aliphatic heterocycles. The van der Waals surface area contributed by atoms with Gasteiger partial charge in [-0.2, -0.15) is 0 Å². The Balaban J connectivity index is 3.44.